The minimum atomic E-state index is 0.423. The summed E-state index contributed by atoms with van der Waals surface area (Å²) in [7, 11) is 0. The fourth-order valence-electron chi connectivity index (χ4n) is 2.79. The first-order valence-electron chi connectivity index (χ1n) is 6.64. The molecule has 1 aliphatic carbocycles. The highest BCUT2D eigenvalue weighted by molar-refractivity contribution is 5.18. The van der Waals surface area contributed by atoms with E-state index in [1.165, 1.54) is 0 Å². The number of rotatable bonds is 5. The molecule has 1 aromatic rings. The van der Waals surface area contributed by atoms with E-state index in [1.807, 2.05) is 6.07 Å². The maximum absolute atomic E-state index is 5.36. The lowest BCUT2D eigenvalue weighted by Gasteiger charge is -2.14. The Hall–Kier alpha value is -0.760. The van der Waals surface area contributed by atoms with Crippen LogP contribution in [0.2, 0.25) is 0 Å². The minimum absolute atomic E-state index is 0.423. The standard InChI is InChI=1S/C15H25NO/c1-11(8-9-12-7-6-10-17-12)16-13-14(2,3)15(13,4)5/h6-7,10-11,13,16H,8-9H2,1-5H3. The third-order valence-corrected chi connectivity index (χ3v) is 4.88. The van der Waals surface area contributed by atoms with Crippen molar-refractivity contribution in [2.45, 2.75) is 59.5 Å². The molecule has 0 bridgehead atoms. The highest BCUT2D eigenvalue weighted by Gasteiger charge is 2.64. The Bertz CT molecular complexity index is 350. The molecule has 1 saturated carbocycles. The van der Waals surface area contributed by atoms with E-state index in [2.05, 4.69) is 46.0 Å². The van der Waals surface area contributed by atoms with Crippen molar-refractivity contribution in [3.63, 3.8) is 0 Å². The van der Waals surface area contributed by atoms with Crippen molar-refractivity contribution in [3.8, 4) is 0 Å². The maximum atomic E-state index is 5.36. The third-order valence-electron chi connectivity index (χ3n) is 4.88. The number of hydrogen-bond donors (Lipinski definition) is 1. The summed E-state index contributed by atoms with van der Waals surface area (Å²) in [6.45, 7) is 11.7. The van der Waals surface area contributed by atoms with Gasteiger partial charge in [0, 0.05) is 18.5 Å². The summed E-state index contributed by atoms with van der Waals surface area (Å²) in [5.41, 5.74) is 0.845. The van der Waals surface area contributed by atoms with E-state index in [4.69, 9.17) is 4.42 Å². The van der Waals surface area contributed by atoms with Crippen molar-refractivity contribution in [1.29, 1.82) is 0 Å². The highest BCUT2D eigenvalue weighted by Crippen LogP contribution is 2.62. The topological polar surface area (TPSA) is 25.2 Å². The lowest BCUT2D eigenvalue weighted by atomic mass is 10.0. The molecule has 1 N–H and O–H groups in total. The molecular formula is C15H25NO. The predicted octanol–water partition coefficient (Wildman–Crippen LogP) is 3.62. The van der Waals surface area contributed by atoms with Crippen LogP contribution >= 0.6 is 0 Å². The molecule has 96 valence electrons. The highest BCUT2D eigenvalue weighted by atomic mass is 16.3. The molecule has 1 unspecified atom stereocenters. The Balaban J connectivity index is 1.77. The van der Waals surface area contributed by atoms with Gasteiger partial charge in [-0.25, -0.2) is 0 Å². The lowest BCUT2D eigenvalue weighted by molar-refractivity contribution is 0.435. The Morgan fingerprint density at radius 2 is 1.94 bits per heavy atom. The van der Waals surface area contributed by atoms with Gasteiger partial charge in [-0.2, -0.15) is 0 Å². The second kappa shape index (κ2) is 4.16. The Morgan fingerprint density at radius 3 is 2.41 bits per heavy atom. The zero-order valence-electron chi connectivity index (χ0n) is 11.7. The fraction of sp³-hybridized carbons (Fsp3) is 0.733. The molecule has 0 saturated heterocycles. The predicted molar refractivity (Wildman–Crippen MR) is 71.0 cm³/mol. The quantitative estimate of drug-likeness (QED) is 0.843. The smallest absolute Gasteiger partial charge is 0.103 e. The zero-order valence-corrected chi connectivity index (χ0v) is 11.7. The maximum Gasteiger partial charge on any atom is 0.103 e. The first-order valence-corrected chi connectivity index (χ1v) is 6.64. The van der Waals surface area contributed by atoms with E-state index in [9.17, 15) is 0 Å². The van der Waals surface area contributed by atoms with Gasteiger partial charge in [0.15, 0.2) is 0 Å². The molecule has 0 aliphatic heterocycles. The van der Waals surface area contributed by atoms with Gasteiger partial charge in [0.25, 0.3) is 0 Å². The van der Waals surface area contributed by atoms with E-state index < -0.39 is 0 Å². The summed E-state index contributed by atoms with van der Waals surface area (Å²) in [6, 6.07) is 5.20. The van der Waals surface area contributed by atoms with Gasteiger partial charge in [0.05, 0.1) is 6.26 Å². The van der Waals surface area contributed by atoms with E-state index in [1.54, 1.807) is 6.26 Å². The van der Waals surface area contributed by atoms with Crippen molar-refractivity contribution >= 4 is 0 Å². The first-order chi connectivity index (χ1) is 7.85. The van der Waals surface area contributed by atoms with Gasteiger partial charge in [-0.3, -0.25) is 0 Å². The Morgan fingerprint density at radius 1 is 1.29 bits per heavy atom. The normalized spacial score (nSPS) is 23.6. The van der Waals surface area contributed by atoms with Crippen molar-refractivity contribution < 1.29 is 4.42 Å². The van der Waals surface area contributed by atoms with Crippen LogP contribution < -0.4 is 5.32 Å². The SMILES string of the molecule is CC(CCc1ccco1)NC1C(C)(C)C1(C)C. The van der Waals surface area contributed by atoms with Gasteiger partial charge in [-0.1, -0.05) is 27.7 Å². The van der Waals surface area contributed by atoms with Gasteiger partial charge in [0.2, 0.25) is 0 Å². The van der Waals surface area contributed by atoms with Crippen LogP contribution in [0.3, 0.4) is 0 Å². The molecule has 0 amide bonds. The van der Waals surface area contributed by atoms with Crippen LogP contribution in [0.5, 0.6) is 0 Å². The molecule has 2 heteroatoms. The minimum Gasteiger partial charge on any atom is -0.469 e. The summed E-state index contributed by atoms with van der Waals surface area (Å²) in [4.78, 5) is 0. The van der Waals surface area contributed by atoms with Crippen molar-refractivity contribution in [3.05, 3.63) is 24.2 Å². The molecule has 0 radical (unpaired) electrons. The van der Waals surface area contributed by atoms with E-state index in [0.29, 0.717) is 22.9 Å². The number of hydrogen-bond acceptors (Lipinski definition) is 2. The van der Waals surface area contributed by atoms with Gasteiger partial charge in [-0.15, -0.1) is 0 Å². The summed E-state index contributed by atoms with van der Waals surface area (Å²) in [5.74, 6) is 1.09. The molecule has 0 spiro atoms. The Kier molecular flexibility index (Phi) is 3.11. The molecule has 1 atom stereocenters. The molecule has 1 heterocycles. The van der Waals surface area contributed by atoms with E-state index in [-0.39, 0.29) is 0 Å². The van der Waals surface area contributed by atoms with Gasteiger partial charge >= 0.3 is 0 Å². The molecule has 0 aromatic carbocycles. The fourth-order valence-corrected chi connectivity index (χ4v) is 2.79. The molecule has 2 rings (SSSR count). The van der Waals surface area contributed by atoms with Gasteiger partial charge in [-0.05, 0) is 36.3 Å². The summed E-state index contributed by atoms with van der Waals surface area (Å²) in [6.07, 6.45) is 3.91. The molecule has 2 nitrogen and oxygen atoms in total. The Labute approximate surface area is 105 Å². The largest absolute Gasteiger partial charge is 0.469 e. The second-order valence-corrected chi connectivity index (χ2v) is 6.56. The van der Waals surface area contributed by atoms with Crippen molar-refractivity contribution in [2.75, 3.05) is 0 Å². The van der Waals surface area contributed by atoms with Gasteiger partial charge < -0.3 is 9.73 Å². The van der Waals surface area contributed by atoms with Crippen LogP contribution in [0.4, 0.5) is 0 Å². The zero-order chi connectivity index (χ0) is 12.7. The van der Waals surface area contributed by atoms with Crippen LogP contribution in [0, 0.1) is 10.8 Å². The molecule has 17 heavy (non-hydrogen) atoms. The summed E-state index contributed by atoms with van der Waals surface area (Å²) < 4.78 is 5.36. The first kappa shape index (κ1) is 12.7. The van der Waals surface area contributed by atoms with Crippen molar-refractivity contribution in [1.82, 2.24) is 5.32 Å². The molecule has 1 aromatic heterocycles. The molecule has 1 fully saturated rings. The number of furan rings is 1. The van der Waals surface area contributed by atoms with E-state index in [0.717, 1.165) is 18.6 Å². The monoisotopic (exact) mass is 235 g/mol. The summed E-state index contributed by atoms with van der Waals surface area (Å²) >= 11 is 0. The van der Waals surface area contributed by atoms with E-state index >= 15 is 0 Å². The van der Waals surface area contributed by atoms with Crippen LogP contribution in [0.1, 0.15) is 46.8 Å². The van der Waals surface area contributed by atoms with Crippen LogP contribution in [-0.2, 0) is 6.42 Å². The average Bonchev–Trinajstić information content (AvgIpc) is 2.68. The third kappa shape index (κ3) is 2.28. The molecular weight excluding hydrogens is 210 g/mol. The van der Waals surface area contributed by atoms with Crippen LogP contribution in [0.25, 0.3) is 0 Å². The molecule has 1 aliphatic rings. The lowest BCUT2D eigenvalue weighted by Crippen LogP contribution is -2.32. The van der Waals surface area contributed by atoms with Gasteiger partial charge in [0.1, 0.15) is 5.76 Å². The average molecular weight is 235 g/mol. The van der Waals surface area contributed by atoms with Crippen LogP contribution in [0.15, 0.2) is 22.8 Å². The number of nitrogens with one attached hydrogen (secondary N) is 1. The number of aryl methyl sites for hydroxylation is 1. The summed E-state index contributed by atoms with van der Waals surface area (Å²) in [5, 5.41) is 3.76. The van der Waals surface area contributed by atoms with Crippen LogP contribution in [-0.4, -0.2) is 12.1 Å². The van der Waals surface area contributed by atoms with Crippen molar-refractivity contribution in [2.24, 2.45) is 10.8 Å². The second-order valence-electron chi connectivity index (χ2n) is 6.56.